The molecule has 1 saturated heterocycles. The zero-order valence-electron chi connectivity index (χ0n) is 22.8. The van der Waals surface area contributed by atoms with Gasteiger partial charge >= 0.3 is 18.0 Å². The molecule has 1 amide bonds. The second-order valence-corrected chi connectivity index (χ2v) is 10.2. The first kappa shape index (κ1) is 30.2. The van der Waals surface area contributed by atoms with E-state index in [9.17, 15) is 14.4 Å². The van der Waals surface area contributed by atoms with Crippen molar-refractivity contribution in [2.45, 2.75) is 53.2 Å². The van der Waals surface area contributed by atoms with Crippen LogP contribution in [0.5, 0.6) is 0 Å². The lowest BCUT2D eigenvalue weighted by Crippen LogP contribution is -2.58. The molecule has 208 valence electrons. The number of rotatable bonds is 8. The fourth-order valence-electron chi connectivity index (χ4n) is 3.29. The molecule has 2 heterocycles. The highest BCUT2D eigenvalue weighted by Crippen LogP contribution is 2.19. The molecule has 0 spiro atoms. The van der Waals surface area contributed by atoms with Gasteiger partial charge in [-0.05, 0) is 45.9 Å². The van der Waals surface area contributed by atoms with Crippen LogP contribution >= 0.6 is 0 Å². The molecule has 0 bridgehead atoms. The Morgan fingerprint density at radius 3 is 2.47 bits per heavy atom. The molecule has 0 aliphatic carbocycles. The topological polar surface area (TPSA) is 159 Å². The summed E-state index contributed by atoms with van der Waals surface area (Å²) >= 11 is 0. The highest BCUT2D eigenvalue weighted by molar-refractivity contribution is 5.88. The molecule has 1 aromatic rings. The van der Waals surface area contributed by atoms with Gasteiger partial charge in [0.15, 0.2) is 0 Å². The van der Waals surface area contributed by atoms with Crippen molar-refractivity contribution in [3.63, 3.8) is 0 Å². The maximum atomic E-state index is 13.0. The number of carboxylic acid groups (broad SMARTS) is 1. The number of esters is 1. The van der Waals surface area contributed by atoms with Crippen molar-refractivity contribution < 1.29 is 29.0 Å². The van der Waals surface area contributed by atoms with Gasteiger partial charge in [0.1, 0.15) is 11.6 Å². The van der Waals surface area contributed by atoms with E-state index in [2.05, 4.69) is 32.0 Å². The summed E-state index contributed by atoms with van der Waals surface area (Å²) < 4.78 is 10.7. The number of hydrogen-bond acceptors (Lipinski definition) is 9. The fourth-order valence-corrected chi connectivity index (χ4v) is 3.29. The van der Waals surface area contributed by atoms with E-state index in [1.165, 1.54) is 12.4 Å². The monoisotopic (exact) mass is 531 g/mol. The van der Waals surface area contributed by atoms with Gasteiger partial charge in [-0.25, -0.2) is 34.3 Å². The molecule has 1 fully saturated rings. The van der Waals surface area contributed by atoms with E-state index in [0.717, 1.165) is 5.57 Å². The van der Waals surface area contributed by atoms with Crippen molar-refractivity contribution in [2.75, 3.05) is 37.7 Å². The zero-order chi connectivity index (χ0) is 28.5. The van der Waals surface area contributed by atoms with Crippen LogP contribution in [-0.2, 0) is 14.3 Å². The highest BCUT2D eigenvalue weighted by Gasteiger charge is 2.36. The number of guanidine groups is 1. The van der Waals surface area contributed by atoms with Crippen LogP contribution in [0.3, 0.4) is 0 Å². The number of aliphatic imine (C=N–C) groups is 2. The van der Waals surface area contributed by atoms with E-state index >= 15 is 0 Å². The number of carbonyl (C=O) groups is 3. The molecule has 0 aromatic carbocycles. The average Bonchev–Trinajstić information content (AvgIpc) is 2.85. The molecular formula is C25H37N7O6. The molecule has 1 aliphatic rings. The summed E-state index contributed by atoms with van der Waals surface area (Å²) in [6.45, 7) is 16.0. The number of alkyl carbamates (subject to hydrolysis) is 1. The third kappa shape index (κ3) is 9.45. The number of nitrogens with one attached hydrogen (secondary N) is 1. The Balaban J connectivity index is 2.18. The average molecular weight is 532 g/mol. The number of carbonyl (C=O) groups excluding carboxylic acids is 2. The second-order valence-electron chi connectivity index (χ2n) is 10.2. The Hall–Kier alpha value is -4.03. The first-order valence-electron chi connectivity index (χ1n) is 12.2. The number of nitrogens with zero attached hydrogens (tertiary/aromatic N) is 6. The number of anilines is 1. The van der Waals surface area contributed by atoms with Crippen molar-refractivity contribution in [1.82, 2.24) is 20.2 Å². The molecule has 0 saturated carbocycles. The summed E-state index contributed by atoms with van der Waals surface area (Å²) in [5.41, 5.74) is 0.0911. The normalized spacial score (nSPS) is 16.8. The number of amides is 1. The van der Waals surface area contributed by atoms with E-state index in [1.54, 1.807) is 43.7 Å². The van der Waals surface area contributed by atoms with E-state index in [-0.39, 0.29) is 37.1 Å². The molecule has 13 nitrogen and oxygen atoms in total. The maximum Gasteiger partial charge on any atom is 0.407 e. The summed E-state index contributed by atoms with van der Waals surface area (Å²) in [7, 11) is 0. The van der Waals surface area contributed by atoms with Crippen LogP contribution in [0, 0.1) is 5.92 Å². The molecule has 2 N–H and O–H groups in total. The first-order valence-corrected chi connectivity index (χ1v) is 12.2. The molecule has 1 aromatic heterocycles. The molecule has 2 rings (SSSR count). The van der Waals surface area contributed by atoms with E-state index in [1.807, 2.05) is 13.8 Å². The third-order valence-electron chi connectivity index (χ3n) is 5.09. The van der Waals surface area contributed by atoms with Crippen LogP contribution in [0.15, 0.2) is 34.2 Å². The molecular weight excluding hydrogens is 494 g/mol. The van der Waals surface area contributed by atoms with Crippen molar-refractivity contribution in [1.29, 1.82) is 0 Å². The Labute approximate surface area is 222 Å². The van der Waals surface area contributed by atoms with E-state index in [4.69, 9.17) is 14.6 Å². The Kier molecular flexibility index (Phi) is 10.7. The van der Waals surface area contributed by atoms with Gasteiger partial charge in [0.25, 0.3) is 0 Å². The predicted octanol–water partition coefficient (Wildman–Crippen LogP) is 2.35. The van der Waals surface area contributed by atoms with Gasteiger partial charge in [-0.1, -0.05) is 13.8 Å². The highest BCUT2D eigenvalue weighted by atomic mass is 16.6. The van der Waals surface area contributed by atoms with E-state index < -0.39 is 29.7 Å². The molecule has 1 atom stereocenters. The Morgan fingerprint density at radius 1 is 1.26 bits per heavy atom. The minimum absolute atomic E-state index is 0.0556. The third-order valence-corrected chi connectivity index (χ3v) is 5.09. The summed E-state index contributed by atoms with van der Waals surface area (Å²) in [5, 5.41) is 11.8. The zero-order valence-corrected chi connectivity index (χ0v) is 22.8. The van der Waals surface area contributed by atoms with E-state index in [0.29, 0.717) is 19.0 Å². The largest absolute Gasteiger partial charge is 0.478 e. The number of aromatic carboxylic acids is 1. The molecule has 0 radical (unpaired) electrons. The van der Waals surface area contributed by atoms with Crippen LogP contribution in [0.4, 0.5) is 10.7 Å². The van der Waals surface area contributed by atoms with Crippen molar-refractivity contribution in [2.24, 2.45) is 15.9 Å². The van der Waals surface area contributed by atoms with Gasteiger partial charge in [-0.15, -0.1) is 0 Å². The standard InChI is InChI=1S/C25H37N7O6/c1-16(2)15-37-21(35)19-14-31(8-9-32(19)23-28-12-18(13-29-23)20(33)34)22(26-7)27-10-17(3)11-30-24(36)38-25(4,5)6/h10,12-13,16,19H,7-9,11,14-15H2,1-6H3,(H,30,36)(H,33,34)/b17-10+,27-22?/t19-/m1/s1. The number of carboxylic acids is 1. The summed E-state index contributed by atoms with van der Waals surface area (Å²) in [4.78, 5) is 56.3. The summed E-state index contributed by atoms with van der Waals surface area (Å²) in [5.74, 6) is -0.949. The number of ether oxygens (including phenoxy) is 2. The predicted molar refractivity (Wildman–Crippen MR) is 142 cm³/mol. The van der Waals surface area contributed by atoms with Crippen molar-refractivity contribution in [3.05, 3.63) is 29.7 Å². The summed E-state index contributed by atoms with van der Waals surface area (Å²) in [6, 6.07) is -0.788. The van der Waals surface area contributed by atoms with Crippen LogP contribution in [0.25, 0.3) is 0 Å². The lowest BCUT2D eigenvalue weighted by molar-refractivity contribution is -0.147. The van der Waals surface area contributed by atoms with Gasteiger partial charge in [-0.3, -0.25) is 0 Å². The first-order chi connectivity index (χ1) is 17.8. The van der Waals surface area contributed by atoms with Crippen molar-refractivity contribution >= 4 is 36.7 Å². The number of aromatic nitrogens is 2. The Bertz CT molecular complexity index is 1060. The molecule has 38 heavy (non-hydrogen) atoms. The van der Waals surface area contributed by atoms with Crippen LogP contribution in [-0.4, -0.2) is 95.1 Å². The van der Waals surface area contributed by atoms with Crippen molar-refractivity contribution in [3.8, 4) is 0 Å². The second kappa shape index (κ2) is 13.5. The SMILES string of the molecule is C=NC(=N/C=C(\C)CNC(=O)OC(C)(C)C)N1CCN(c2ncc(C(=O)O)cn2)[C@@H](C(=O)OCC(C)C)C1. The van der Waals surface area contributed by atoms with Gasteiger partial charge in [0, 0.05) is 38.2 Å². The number of hydrogen-bond donors (Lipinski definition) is 2. The minimum Gasteiger partial charge on any atom is -0.478 e. The summed E-state index contributed by atoms with van der Waals surface area (Å²) in [6.07, 6.45) is 3.43. The maximum absolute atomic E-state index is 13.0. The molecule has 0 unspecified atom stereocenters. The lowest BCUT2D eigenvalue weighted by Gasteiger charge is -2.40. The minimum atomic E-state index is -1.14. The quantitative estimate of drug-likeness (QED) is 0.290. The van der Waals surface area contributed by atoms with Crippen LogP contribution in [0.1, 0.15) is 51.9 Å². The van der Waals surface area contributed by atoms with Gasteiger partial charge in [-0.2, -0.15) is 0 Å². The van der Waals surface area contributed by atoms with Crippen LogP contribution < -0.4 is 10.2 Å². The lowest BCUT2D eigenvalue weighted by atomic mass is 10.1. The van der Waals surface area contributed by atoms with Gasteiger partial charge < -0.3 is 29.7 Å². The Morgan fingerprint density at radius 2 is 1.92 bits per heavy atom. The van der Waals surface area contributed by atoms with Gasteiger partial charge in [0.05, 0.1) is 18.7 Å². The van der Waals surface area contributed by atoms with Crippen LogP contribution in [0.2, 0.25) is 0 Å². The number of piperazine rings is 1. The molecule has 1 aliphatic heterocycles. The van der Waals surface area contributed by atoms with Gasteiger partial charge in [0.2, 0.25) is 11.9 Å². The molecule has 13 heteroatoms. The smallest absolute Gasteiger partial charge is 0.407 e. The fraction of sp³-hybridized carbons (Fsp3) is 0.560.